The SMILES string of the molecule is Cc1nnc2sc(C(=O)NC3C4CCCC5CC4CC53)c(N)c2c1C. The van der Waals surface area contributed by atoms with E-state index in [0.29, 0.717) is 28.4 Å². The average molecular weight is 356 g/mol. The van der Waals surface area contributed by atoms with Gasteiger partial charge in [-0.25, -0.2) is 0 Å². The first-order valence-electron chi connectivity index (χ1n) is 9.37. The lowest BCUT2D eigenvalue weighted by Gasteiger charge is -2.32. The highest BCUT2D eigenvalue weighted by Crippen LogP contribution is 2.57. The summed E-state index contributed by atoms with van der Waals surface area (Å²) in [5.74, 6) is 3.00. The summed E-state index contributed by atoms with van der Waals surface area (Å²) in [6, 6.07) is 0.345. The third-order valence-electron chi connectivity index (χ3n) is 7.07. The van der Waals surface area contributed by atoms with Crippen LogP contribution in [0.2, 0.25) is 0 Å². The molecule has 4 aliphatic carbocycles. The molecule has 4 saturated carbocycles. The summed E-state index contributed by atoms with van der Waals surface area (Å²) in [6.07, 6.45) is 6.65. The molecule has 0 aliphatic heterocycles. The van der Waals surface area contributed by atoms with Crippen molar-refractivity contribution in [3.05, 3.63) is 16.1 Å². The molecule has 0 radical (unpaired) electrons. The molecule has 132 valence electrons. The monoisotopic (exact) mass is 356 g/mol. The lowest BCUT2D eigenvalue weighted by molar-refractivity contribution is 0.0893. The van der Waals surface area contributed by atoms with E-state index in [-0.39, 0.29) is 5.91 Å². The number of aromatic nitrogens is 2. The number of nitrogens with two attached hydrogens (primary N) is 1. The van der Waals surface area contributed by atoms with Crippen molar-refractivity contribution in [2.24, 2.45) is 23.7 Å². The second-order valence-corrected chi connectivity index (χ2v) is 9.18. The van der Waals surface area contributed by atoms with Gasteiger partial charge in [-0.1, -0.05) is 12.8 Å². The highest BCUT2D eigenvalue weighted by molar-refractivity contribution is 7.21. The Morgan fingerprint density at radius 2 is 2.00 bits per heavy atom. The molecule has 4 fully saturated rings. The summed E-state index contributed by atoms with van der Waals surface area (Å²) < 4.78 is 0. The van der Waals surface area contributed by atoms with Crippen molar-refractivity contribution in [3.8, 4) is 0 Å². The van der Waals surface area contributed by atoms with Crippen LogP contribution < -0.4 is 11.1 Å². The first-order chi connectivity index (χ1) is 12.0. The van der Waals surface area contributed by atoms with E-state index < -0.39 is 0 Å². The summed E-state index contributed by atoms with van der Waals surface area (Å²) in [5, 5.41) is 12.7. The Balaban J connectivity index is 1.47. The number of nitrogen functional groups attached to an aromatic ring is 1. The highest BCUT2D eigenvalue weighted by Gasteiger charge is 2.54. The van der Waals surface area contributed by atoms with Crippen molar-refractivity contribution in [1.82, 2.24) is 15.5 Å². The molecule has 0 spiro atoms. The van der Waals surface area contributed by atoms with Crippen LogP contribution in [0.4, 0.5) is 5.69 Å². The molecule has 3 N–H and O–H groups in total. The Hall–Kier alpha value is -1.69. The molecule has 4 aliphatic rings. The van der Waals surface area contributed by atoms with Crippen LogP contribution in [-0.4, -0.2) is 22.1 Å². The standard InChI is InChI=1S/C19H24N4OS/c1-8-9(2)22-23-19-14(8)15(20)17(25-19)18(24)21-16-12-5-3-4-10-6-11(12)7-13(10)16/h10-13,16H,3-7,20H2,1-2H3,(H,21,24). The predicted octanol–water partition coefficient (Wildman–Crippen LogP) is 3.44. The van der Waals surface area contributed by atoms with Crippen molar-refractivity contribution < 1.29 is 4.79 Å². The van der Waals surface area contributed by atoms with E-state index in [1.165, 1.54) is 43.4 Å². The van der Waals surface area contributed by atoms with Crippen molar-refractivity contribution in [2.75, 3.05) is 5.73 Å². The highest BCUT2D eigenvalue weighted by atomic mass is 32.1. The van der Waals surface area contributed by atoms with Gasteiger partial charge in [0, 0.05) is 11.4 Å². The normalized spacial score (nSPS) is 33.1. The maximum atomic E-state index is 13.0. The van der Waals surface area contributed by atoms with Gasteiger partial charge < -0.3 is 11.1 Å². The number of amides is 1. The number of nitrogens with one attached hydrogen (secondary N) is 1. The lowest BCUT2D eigenvalue weighted by atomic mass is 9.80. The minimum Gasteiger partial charge on any atom is -0.397 e. The zero-order valence-electron chi connectivity index (χ0n) is 14.7. The fourth-order valence-corrected chi connectivity index (χ4v) is 6.81. The zero-order valence-corrected chi connectivity index (χ0v) is 15.5. The number of nitrogens with zero attached hydrogens (tertiary/aromatic N) is 2. The molecule has 0 aromatic carbocycles. The molecule has 2 aromatic heterocycles. The topological polar surface area (TPSA) is 80.9 Å². The van der Waals surface area contributed by atoms with Crippen molar-refractivity contribution in [2.45, 2.75) is 52.0 Å². The minimum absolute atomic E-state index is 0.0132. The number of thiophene rings is 1. The predicted molar refractivity (Wildman–Crippen MR) is 99.6 cm³/mol. The van der Waals surface area contributed by atoms with Crippen LogP contribution in [0.1, 0.15) is 53.0 Å². The van der Waals surface area contributed by atoms with Crippen LogP contribution in [-0.2, 0) is 0 Å². The Kier molecular flexibility index (Phi) is 3.36. The largest absolute Gasteiger partial charge is 0.397 e. The Morgan fingerprint density at radius 1 is 1.16 bits per heavy atom. The van der Waals surface area contributed by atoms with Crippen LogP contribution in [0.3, 0.4) is 0 Å². The van der Waals surface area contributed by atoms with E-state index in [1.54, 1.807) is 0 Å². The molecule has 5 atom stereocenters. The number of aryl methyl sites for hydroxylation is 2. The molecule has 6 rings (SSSR count). The fourth-order valence-electron chi connectivity index (χ4n) is 5.81. The molecule has 6 heteroatoms. The third-order valence-corrected chi connectivity index (χ3v) is 8.15. The quantitative estimate of drug-likeness (QED) is 0.864. The van der Waals surface area contributed by atoms with Crippen LogP contribution in [0.25, 0.3) is 10.2 Å². The zero-order chi connectivity index (χ0) is 17.3. The lowest BCUT2D eigenvalue weighted by Crippen LogP contribution is -2.45. The van der Waals surface area contributed by atoms with Gasteiger partial charge in [0.1, 0.15) is 9.71 Å². The maximum absolute atomic E-state index is 13.0. The van der Waals surface area contributed by atoms with Gasteiger partial charge in [0.25, 0.3) is 5.91 Å². The Bertz CT molecular complexity index is 870. The molecule has 5 unspecified atom stereocenters. The first kappa shape index (κ1) is 15.6. The van der Waals surface area contributed by atoms with Crippen molar-refractivity contribution in [3.63, 3.8) is 0 Å². The third kappa shape index (κ3) is 2.16. The van der Waals surface area contributed by atoms with E-state index in [9.17, 15) is 4.79 Å². The number of anilines is 1. The Labute approximate surface area is 151 Å². The minimum atomic E-state index is -0.0132. The van der Waals surface area contributed by atoms with E-state index in [4.69, 9.17) is 5.73 Å². The van der Waals surface area contributed by atoms with Crippen LogP contribution >= 0.6 is 11.3 Å². The smallest absolute Gasteiger partial charge is 0.263 e. The van der Waals surface area contributed by atoms with Crippen LogP contribution in [0, 0.1) is 37.5 Å². The second kappa shape index (κ2) is 5.40. The van der Waals surface area contributed by atoms with Crippen LogP contribution in [0.15, 0.2) is 0 Å². The molecular formula is C19H24N4OS. The van der Waals surface area contributed by atoms with Gasteiger partial charge in [-0.15, -0.1) is 16.4 Å². The van der Waals surface area contributed by atoms with E-state index in [0.717, 1.165) is 33.3 Å². The van der Waals surface area contributed by atoms with Crippen molar-refractivity contribution in [1.29, 1.82) is 0 Å². The number of rotatable bonds is 2. The van der Waals surface area contributed by atoms with E-state index in [2.05, 4.69) is 15.5 Å². The van der Waals surface area contributed by atoms with Gasteiger partial charge in [-0.05, 0) is 62.3 Å². The van der Waals surface area contributed by atoms with Gasteiger partial charge in [0.2, 0.25) is 0 Å². The van der Waals surface area contributed by atoms with Crippen LogP contribution in [0.5, 0.6) is 0 Å². The molecule has 4 bridgehead atoms. The molecule has 1 amide bonds. The van der Waals surface area contributed by atoms with Gasteiger partial charge >= 0.3 is 0 Å². The van der Waals surface area contributed by atoms with Gasteiger partial charge in [-0.3, -0.25) is 4.79 Å². The summed E-state index contributed by atoms with van der Waals surface area (Å²) >= 11 is 1.37. The van der Waals surface area contributed by atoms with E-state index in [1.807, 2.05) is 13.8 Å². The number of hydrogen-bond acceptors (Lipinski definition) is 5. The summed E-state index contributed by atoms with van der Waals surface area (Å²) in [4.78, 5) is 14.4. The molecule has 25 heavy (non-hydrogen) atoms. The first-order valence-corrected chi connectivity index (χ1v) is 10.2. The molecule has 5 nitrogen and oxygen atoms in total. The Morgan fingerprint density at radius 3 is 2.84 bits per heavy atom. The van der Waals surface area contributed by atoms with Gasteiger partial charge in [-0.2, -0.15) is 5.10 Å². The fraction of sp³-hybridized carbons (Fsp3) is 0.632. The van der Waals surface area contributed by atoms with E-state index >= 15 is 0 Å². The summed E-state index contributed by atoms with van der Waals surface area (Å²) in [6.45, 7) is 3.92. The number of hydrogen-bond donors (Lipinski definition) is 2. The number of carbonyl (C=O) groups is 1. The number of fused-ring (bicyclic) bond motifs is 3. The number of carbonyl (C=O) groups excluding carboxylic acids is 1. The summed E-state index contributed by atoms with van der Waals surface area (Å²) in [5.41, 5.74) is 8.81. The maximum Gasteiger partial charge on any atom is 0.263 e. The molecular weight excluding hydrogens is 332 g/mol. The van der Waals surface area contributed by atoms with Crippen molar-refractivity contribution >= 4 is 33.1 Å². The molecule has 2 heterocycles. The second-order valence-electron chi connectivity index (χ2n) is 8.18. The molecule has 2 aromatic rings. The molecule has 0 saturated heterocycles. The average Bonchev–Trinajstić information content (AvgIpc) is 3.14. The summed E-state index contributed by atoms with van der Waals surface area (Å²) in [7, 11) is 0. The van der Waals surface area contributed by atoms with Gasteiger partial charge in [0.05, 0.1) is 11.4 Å². The van der Waals surface area contributed by atoms with Gasteiger partial charge in [0.15, 0.2) is 0 Å².